The van der Waals surface area contributed by atoms with Gasteiger partial charge < -0.3 is 29.4 Å². The molecule has 0 N–H and O–H groups in total. The molecule has 1 aliphatic rings. The zero-order chi connectivity index (χ0) is 27.5. The highest BCUT2D eigenvalue weighted by Crippen LogP contribution is 2.36. The molecule has 0 radical (unpaired) electrons. The predicted octanol–water partition coefficient (Wildman–Crippen LogP) is 0.631. The maximum absolute atomic E-state index is 2.82. The summed E-state index contributed by atoms with van der Waals surface area (Å²) in [4.78, 5) is 14.2. The summed E-state index contributed by atoms with van der Waals surface area (Å²) in [5.41, 5.74) is 0.0414. The number of rotatable bonds is 18. The molecule has 1 saturated heterocycles. The third-order valence-corrected chi connectivity index (χ3v) is 7.04. The minimum absolute atomic E-state index is 0.0414. The second kappa shape index (κ2) is 16.6. The molecular formula is C27H63N9. The van der Waals surface area contributed by atoms with Crippen molar-refractivity contribution in [1.29, 1.82) is 0 Å². The molecule has 1 fully saturated rings. The molecule has 0 bridgehead atoms. The second-order valence-electron chi connectivity index (χ2n) is 12.6. The lowest BCUT2D eigenvalue weighted by Gasteiger charge is -2.62. The van der Waals surface area contributed by atoms with E-state index in [1.165, 1.54) is 19.3 Å². The molecule has 0 aromatic rings. The molecule has 1 heterocycles. The van der Waals surface area contributed by atoms with Gasteiger partial charge in [0.15, 0.2) is 0 Å². The SMILES string of the molecule is CN(C)CCCN1CC(CN(C)C)C(CN(C)C)(CN(C)C)N(CCCN(C)C)N1CCCN(C)C. The van der Waals surface area contributed by atoms with Crippen molar-refractivity contribution in [2.24, 2.45) is 5.92 Å². The number of likely N-dealkylation sites (N-methyl/N-ethyl adjacent to an activating group) is 2. The molecule has 1 atom stereocenters. The van der Waals surface area contributed by atoms with Crippen LogP contribution in [0.2, 0.25) is 0 Å². The zero-order valence-corrected chi connectivity index (χ0v) is 26.3. The Kier molecular flexibility index (Phi) is 15.5. The van der Waals surface area contributed by atoms with Gasteiger partial charge in [-0.15, -0.1) is 0 Å². The van der Waals surface area contributed by atoms with Crippen molar-refractivity contribution >= 4 is 0 Å². The summed E-state index contributed by atoms with van der Waals surface area (Å²) >= 11 is 0. The Labute approximate surface area is 225 Å². The predicted molar refractivity (Wildman–Crippen MR) is 156 cm³/mol. The minimum atomic E-state index is 0.0414. The monoisotopic (exact) mass is 514 g/mol. The molecule has 0 aromatic carbocycles. The van der Waals surface area contributed by atoms with Crippen LogP contribution in [0.15, 0.2) is 0 Å². The smallest absolute Gasteiger partial charge is 0.0675 e. The molecule has 0 saturated carbocycles. The van der Waals surface area contributed by atoms with Crippen LogP contribution in [0.25, 0.3) is 0 Å². The van der Waals surface area contributed by atoms with Gasteiger partial charge in [0.05, 0.1) is 5.54 Å². The first-order chi connectivity index (χ1) is 16.8. The molecule has 1 rings (SSSR count). The lowest BCUT2D eigenvalue weighted by molar-refractivity contribution is -0.290. The van der Waals surface area contributed by atoms with Crippen molar-refractivity contribution in [3.8, 4) is 0 Å². The van der Waals surface area contributed by atoms with Gasteiger partial charge in [0, 0.05) is 51.7 Å². The third kappa shape index (κ3) is 11.6. The fraction of sp³-hybridized carbons (Fsp3) is 1.00. The Morgan fingerprint density at radius 2 is 1.00 bits per heavy atom. The van der Waals surface area contributed by atoms with E-state index in [-0.39, 0.29) is 5.54 Å². The quantitative estimate of drug-likeness (QED) is 0.262. The van der Waals surface area contributed by atoms with Gasteiger partial charge in [-0.1, -0.05) is 0 Å². The van der Waals surface area contributed by atoms with Crippen molar-refractivity contribution in [3.05, 3.63) is 0 Å². The highest BCUT2D eigenvalue weighted by atomic mass is 15.9. The molecular weight excluding hydrogens is 450 g/mol. The molecule has 9 heteroatoms. The Hall–Kier alpha value is -0.360. The van der Waals surface area contributed by atoms with Gasteiger partial charge in [0.2, 0.25) is 0 Å². The van der Waals surface area contributed by atoms with Crippen LogP contribution in [-0.2, 0) is 0 Å². The van der Waals surface area contributed by atoms with Gasteiger partial charge in [-0.05, 0) is 123 Å². The van der Waals surface area contributed by atoms with E-state index in [0.29, 0.717) is 5.92 Å². The molecule has 0 aromatic heterocycles. The lowest BCUT2D eigenvalue weighted by atomic mass is 9.79. The van der Waals surface area contributed by atoms with E-state index in [2.05, 4.69) is 129 Å². The van der Waals surface area contributed by atoms with Crippen LogP contribution in [0.1, 0.15) is 19.3 Å². The number of hydrazine groups is 2. The average Bonchev–Trinajstić information content (AvgIpc) is 2.70. The molecule has 1 unspecified atom stereocenters. The van der Waals surface area contributed by atoms with Crippen molar-refractivity contribution < 1.29 is 0 Å². The normalized spacial score (nSPS) is 20.3. The van der Waals surface area contributed by atoms with Crippen LogP contribution in [0.3, 0.4) is 0 Å². The summed E-state index contributed by atoms with van der Waals surface area (Å²) < 4.78 is 0. The van der Waals surface area contributed by atoms with Crippen LogP contribution in [-0.4, -0.2) is 200 Å². The maximum atomic E-state index is 2.82. The minimum Gasteiger partial charge on any atom is -0.309 e. The standard InChI is InChI=1S/C27H63N9/c1-28(2)16-13-19-34-23-26(22-31(7)8)27(24-32(9)10,25-33(11)12)35(20-14-17-29(3)4)36(34)21-15-18-30(5)6/h26H,13-25H2,1-12H3. The summed E-state index contributed by atoms with van der Waals surface area (Å²) in [6, 6.07) is 0. The summed E-state index contributed by atoms with van der Waals surface area (Å²) in [5, 5.41) is 8.21. The van der Waals surface area contributed by atoms with Crippen LogP contribution in [0.4, 0.5) is 0 Å². The van der Waals surface area contributed by atoms with Crippen molar-refractivity contribution in [2.45, 2.75) is 24.8 Å². The van der Waals surface area contributed by atoms with E-state index < -0.39 is 0 Å². The molecule has 0 spiro atoms. The van der Waals surface area contributed by atoms with Gasteiger partial charge in [0.25, 0.3) is 0 Å². The van der Waals surface area contributed by atoms with E-state index in [0.717, 1.165) is 65.4 Å². The van der Waals surface area contributed by atoms with Gasteiger partial charge in [-0.2, -0.15) is 5.12 Å². The first-order valence-corrected chi connectivity index (χ1v) is 14.0. The molecule has 0 amide bonds. The third-order valence-electron chi connectivity index (χ3n) is 7.04. The summed E-state index contributed by atoms with van der Waals surface area (Å²) in [5.74, 6) is 0.543. The largest absolute Gasteiger partial charge is 0.309 e. The van der Waals surface area contributed by atoms with E-state index in [9.17, 15) is 0 Å². The van der Waals surface area contributed by atoms with Gasteiger partial charge in [-0.25, -0.2) is 10.0 Å². The highest BCUT2D eigenvalue weighted by molar-refractivity contribution is 5.03. The fourth-order valence-corrected chi connectivity index (χ4v) is 5.79. The number of nitrogens with zero attached hydrogens (tertiary/aromatic N) is 9. The van der Waals surface area contributed by atoms with E-state index in [1.54, 1.807) is 0 Å². The van der Waals surface area contributed by atoms with Gasteiger partial charge in [0.1, 0.15) is 0 Å². The maximum Gasteiger partial charge on any atom is 0.0675 e. The first kappa shape index (κ1) is 33.7. The van der Waals surface area contributed by atoms with E-state index in [1.807, 2.05) is 0 Å². The van der Waals surface area contributed by atoms with Crippen molar-refractivity contribution in [2.75, 3.05) is 150 Å². The van der Waals surface area contributed by atoms with Crippen LogP contribution < -0.4 is 0 Å². The van der Waals surface area contributed by atoms with Gasteiger partial charge in [-0.3, -0.25) is 0 Å². The second-order valence-corrected chi connectivity index (χ2v) is 12.6. The van der Waals surface area contributed by atoms with Crippen LogP contribution in [0, 0.1) is 5.92 Å². The fourth-order valence-electron chi connectivity index (χ4n) is 5.79. The first-order valence-electron chi connectivity index (χ1n) is 14.0. The average molecular weight is 514 g/mol. The molecule has 216 valence electrons. The topological polar surface area (TPSA) is 29.2 Å². The van der Waals surface area contributed by atoms with Crippen molar-refractivity contribution in [1.82, 2.24) is 44.5 Å². The number of hydrogen-bond acceptors (Lipinski definition) is 9. The Morgan fingerprint density at radius 3 is 1.42 bits per heavy atom. The molecule has 1 aliphatic heterocycles. The van der Waals surface area contributed by atoms with E-state index in [4.69, 9.17) is 0 Å². The zero-order valence-electron chi connectivity index (χ0n) is 26.3. The Balaban J connectivity index is 3.52. The Bertz CT molecular complexity index is 555. The summed E-state index contributed by atoms with van der Waals surface area (Å²) in [6.45, 7) is 10.9. The highest BCUT2D eigenvalue weighted by Gasteiger charge is 2.52. The summed E-state index contributed by atoms with van der Waals surface area (Å²) in [6.07, 6.45) is 3.52. The lowest BCUT2D eigenvalue weighted by Crippen LogP contribution is -2.77. The van der Waals surface area contributed by atoms with Crippen LogP contribution in [0.5, 0.6) is 0 Å². The molecule has 0 aliphatic carbocycles. The Morgan fingerprint density at radius 1 is 0.556 bits per heavy atom. The van der Waals surface area contributed by atoms with E-state index >= 15 is 0 Å². The van der Waals surface area contributed by atoms with Crippen molar-refractivity contribution in [3.63, 3.8) is 0 Å². The molecule has 9 nitrogen and oxygen atoms in total. The summed E-state index contributed by atoms with van der Waals surface area (Å²) in [7, 11) is 26.6. The number of hydrogen-bond donors (Lipinski definition) is 0. The van der Waals surface area contributed by atoms with Crippen LogP contribution >= 0.6 is 0 Å². The van der Waals surface area contributed by atoms with Gasteiger partial charge >= 0.3 is 0 Å². The molecule has 36 heavy (non-hydrogen) atoms.